The van der Waals surface area contributed by atoms with Crippen molar-refractivity contribution < 1.29 is 73.8 Å². The second-order valence-electron chi connectivity index (χ2n) is 13.5. The van der Waals surface area contributed by atoms with Crippen LogP contribution in [-0.2, 0) is 38.0 Å². The van der Waals surface area contributed by atoms with Crippen LogP contribution >= 0.6 is 0 Å². The topological polar surface area (TPSA) is 231 Å². The molecule has 15 nitrogen and oxygen atoms in total. The molecule has 50 heavy (non-hydrogen) atoms. The summed E-state index contributed by atoms with van der Waals surface area (Å²) >= 11 is 0. The van der Waals surface area contributed by atoms with E-state index < -0.39 is 92.7 Å². The summed E-state index contributed by atoms with van der Waals surface area (Å²) in [5.74, 6) is -1.11. The molecule has 0 aromatic heterocycles. The summed E-state index contributed by atoms with van der Waals surface area (Å²) in [5, 5.41) is 70.9. The molecule has 7 N–H and O–H groups in total. The highest BCUT2D eigenvalue weighted by Gasteiger charge is 2.47. The van der Waals surface area contributed by atoms with E-state index in [0.717, 1.165) is 19.3 Å². The van der Waals surface area contributed by atoms with Crippen LogP contribution in [0.3, 0.4) is 0 Å². The van der Waals surface area contributed by atoms with E-state index in [1.807, 2.05) is 0 Å². The number of carbonyl (C=O) groups excluding carboxylic acids is 2. The molecule has 2 saturated heterocycles. The molecular formula is C35H64O15. The summed E-state index contributed by atoms with van der Waals surface area (Å²) in [6.07, 6.45) is 1.36. The van der Waals surface area contributed by atoms with E-state index in [1.54, 1.807) is 0 Å². The zero-order chi connectivity index (χ0) is 36.9. The van der Waals surface area contributed by atoms with Crippen molar-refractivity contribution in [3.8, 4) is 0 Å². The van der Waals surface area contributed by atoms with Gasteiger partial charge in [0.15, 0.2) is 18.7 Å². The zero-order valence-corrected chi connectivity index (χ0v) is 29.9. The average Bonchev–Trinajstić information content (AvgIpc) is 3.09. The van der Waals surface area contributed by atoms with Crippen LogP contribution in [0.15, 0.2) is 0 Å². The van der Waals surface area contributed by atoms with E-state index in [4.69, 9.17) is 28.4 Å². The van der Waals surface area contributed by atoms with E-state index >= 15 is 0 Å². The zero-order valence-electron chi connectivity index (χ0n) is 29.9. The molecule has 11 unspecified atom stereocenters. The molecule has 2 rings (SSSR count). The molecule has 2 aliphatic rings. The van der Waals surface area contributed by atoms with E-state index in [1.165, 1.54) is 77.6 Å². The van der Waals surface area contributed by atoms with Crippen molar-refractivity contribution in [1.29, 1.82) is 0 Å². The third-order valence-electron chi connectivity index (χ3n) is 9.14. The monoisotopic (exact) mass is 724 g/mol. The van der Waals surface area contributed by atoms with E-state index in [9.17, 15) is 45.3 Å². The fraction of sp³-hybridized carbons (Fsp3) is 0.943. The van der Waals surface area contributed by atoms with Crippen molar-refractivity contribution in [1.82, 2.24) is 0 Å². The van der Waals surface area contributed by atoms with Crippen LogP contribution in [0.4, 0.5) is 0 Å². The van der Waals surface area contributed by atoms with Crippen LogP contribution < -0.4 is 0 Å². The molecular weight excluding hydrogens is 660 g/mol. The number of ether oxygens (including phenoxy) is 6. The maximum atomic E-state index is 12.6. The molecule has 0 bridgehead atoms. The quantitative estimate of drug-likeness (QED) is 0.0493. The second kappa shape index (κ2) is 25.5. The Bertz CT molecular complexity index is 907. The van der Waals surface area contributed by atoms with Gasteiger partial charge in [0.05, 0.1) is 19.8 Å². The van der Waals surface area contributed by atoms with Gasteiger partial charge in [-0.3, -0.25) is 9.59 Å². The van der Waals surface area contributed by atoms with Gasteiger partial charge in [0, 0.05) is 13.3 Å². The number of esters is 2. The Morgan fingerprint density at radius 2 is 1.06 bits per heavy atom. The van der Waals surface area contributed by atoms with Crippen LogP contribution in [0.25, 0.3) is 0 Å². The maximum absolute atomic E-state index is 12.6. The van der Waals surface area contributed by atoms with Crippen LogP contribution in [0.1, 0.15) is 117 Å². The highest BCUT2D eigenvalue weighted by molar-refractivity contribution is 5.69. The average molecular weight is 725 g/mol. The molecule has 0 spiro atoms. The predicted octanol–water partition coefficient (Wildman–Crippen LogP) is 1.36. The largest absolute Gasteiger partial charge is 0.462 e. The summed E-state index contributed by atoms with van der Waals surface area (Å²) in [5.41, 5.74) is 0. The van der Waals surface area contributed by atoms with Gasteiger partial charge < -0.3 is 64.2 Å². The van der Waals surface area contributed by atoms with Gasteiger partial charge in [-0.2, -0.15) is 0 Å². The maximum Gasteiger partial charge on any atom is 0.306 e. The number of hydrogen-bond acceptors (Lipinski definition) is 15. The number of carbonyl (C=O) groups is 2. The first-order valence-electron chi connectivity index (χ1n) is 18.6. The molecule has 0 amide bonds. The van der Waals surface area contributed by atoms with Gasteiger partial charge in [0.25, 0.3) is 0 Å². The molecule has 2 aliphatic heterocycles. The lowest BCUT2D eigenvalue weighted by molar-refractivity contribution is -0.332. The number of unbranched alkanes of at least 4 members (excludes halogenated alkanes) is 14. The third kappa shape index (κ3) is 16.4. The fourth-order valence-corrected chi connectivity index (χ4v) is 6.00. The first-order valence-corrected chi connectivity index (χ1v) is 18.6. The molecule has 0 aromatic carbocycles. The van der Waals surface area contributed by atoms with Gasteiger partial charge in [-0.1, -0.05) is 96.8 Å². The van der Waals surface area contributed by atoms with Crippen molar-refractivity contribution in [3.63, 3.8) is 0 Å². The standard InChI is InChI=1S/C35H64O15/c1-3-4-5-6-7-8-9-10-11-12-13-14-15-16-17-18-27(38)48-24(20-45-23(2)37)21-46-34-33(44)31(42)29(40)26(50-34)22-47-35-32(43)30(41)28(39)25(19-36)49-35/h24-26,28-36,39-44H,3-22H2,1-2H3. The van der Waals surface area contributed by atoms with Crippen LogP contribution in [0.2, 0.25) is 0 Å². The molecule has 0 aromatic rings. The van der Waals surface area contributed by atoms with Gasteiger partial charge in [-0.05, 0) is 6.42 Å². The van der Waals surface area contributed by atoms with E-state index in [2.05, 4.69) is 6.92 Å². The van der Waals surface area contributed by atoms with E-state index in [-0.39, 0.29) is 19.6 Å². The second-order valence-corrected chi connectivity index (χ2v) is 13.5. The number of aliphatic hydroxyl groups is 7. The van der Waals surface area contributed by atoms with Crippen LogP contribution in [0.5, 0.6) is 0 Å². The summed E-state index contributed by atoms with van der Waals surface area (Å²) in [6, 6.07) is 0. The van der Waals surface area contributed by atoms with Crippen molar-refractivity contribution in [2.45, 2.75) is 184 Å². The van der Waals surface area contributed by atoms with E-state index in [0.29, 0.717) is 6.42 Å². The lowest BCUT2D eigenvalue weighted by Gasteiger charge is -2.42. The first-order chi connectivity index (χ1) is 24.0. The molecule has 0 saturated carbocycles. The molecule has 0 aliphatic carbocycles. The van der Waals surface area contributed by atoms with Gasteiger partial charge in [0.2, 0.25) is 0 Å². The predicted molar refractivity (Wildman–Crippen MR) is 178 cm³/mol. The minimum absolute atomic E-state index is 0.166. The lowest BCUT2D eigenvalue weighted by Crippen LogP contribution is -2.61. The van der Waals surface area contributed by atoms with Crippen molar-refractivity contribution in [2.75, 3.05) is 26.4 Å². The highest BCUT2D eigenvalue weighted by Crippen LogP contribution is 2.26. The number of rotatable bonds is 26. The summed E-state index contributed by atoms with van der Waals surface area (Å²) in [6.45, 7) is 1.52. The molecule has 0 radical (unpaired) electrons. The van der Waals surface area contributed by atoms with Crippen molar-refractivity contribution in [2.24, 2.45) is 0 Å². The smallest absolute Gasteiger partial charge is 0.306 e. The highest BCUT2D eigenvalue weighted by atomic mass is 16.7. The number of hydrogen-bond donors (Lipinski definition) is 7. The van der Waals surface area contributed by atoms with Gasteiger partial charge in [-0.15, -0.1) is 0 Å². The van der Waals surface area contributed by atoms with Crippen LogP contribution in [-0.4, -0.2) is 142 Å². The summed E-state index contributed by atoms with van der Waals surface area (Å²) in [4.78, 5) is 24.0. The molecule has 15 heteroatoms. The van der Waals surface area contributed by atoms with Crippen LogP contribution in [0, 0.1) is 0 Å². The fourth-order valence-electron chi connectivity index (χ4n) is 6.00. The molecule has 294 valence electrons. The minimum atomic E-state index is -1.75. The van der Waals surface area contributed by atoms with Gasteiger partial charge in [0.1, 0.15) is 55.4 Å². The first kappa shape index (κ1) is 44.7. The Morgan fingerprint density at radius 1 is 0.600 bits per heavy atom. The van der Waals surface area contributed by atoms with Crippen molar-refractivity contribution >= 4 is 11.9 Å². The summed E-state index contributed by atoms with van der Waals surface area (Å²) < 4.78 is 32.4. The molecule has 2 fully saturated rings. The van der Waals surface area contributed by atoms with Gasteiger partial charge >= 0.3 is 11.9 Å². The minimum Gasteiger partial charge on any atom is -0.462 e. The Kier molecular flexibility index (Phi) is 22.8. The Morgan fingerprint density at radius 3 is 1.56 bits per heavy atom. The van der Waals surface area contributed by atoms with Crippen molar-refractivity contribution in [3.05, 3.63) is 0 Å². The molecule has 2 heterocycles. The Hall–Kier alpha value is -1.50. The normalized spacial score (nSPS) is 30.6. The Labute approximate surface area is 296 Å². The lowest BCUT2D eigenvalue weighted by atomic mass is 9.98. The SMILES string of the molecule is CCCCCCCCCCCCCCCCCC(=O)OC(COC(C)=O)COC1OC(COC2OC(CO)C(O)C(O)C2O)C(O)C(O)C1O. The summed E-state index contributed by atoms with van der Waals surface area (Å²) in [7, 11) is 0. The Balaban J connectivity index is 1.72. The molecule has 11 atom stereocenters. The third-order valence-corrected chi connectivity index (χ3v) is 9.14. The van der Waals surface area contributed by atoms with Gasteiger partial charge in [-0.25, -0.2) is 0 Å². The number of aliphatic hydroxyl groups excluding tert-OH is 7.